The predicted octanol–water partition coefficient (Wildman–Crippen LogP) is 3.88. The van der Waals surface area contributed by atoms with Gasteiger partial charge in [-0.1, -0.05) is 12.1 Å². The summed E-state index contributed by atoms with van der Waals surface area (Å²) in [5.74, 6) is -0.680. The number of rotatable bonds is 5. The Morgan fingerprint density at radius 2 is 1.66 bits per heavy atom. The van der Waals surface area contributed by atoms with Crippen molar-refractivity contribution in [2.24, 2.45) is 5.92 Å². The Kier molecular flexibility index (Phi) is 5.37. The molecule has 3 aromatic rings. The number of carboxylic acids is 1. The lowest BCUT2D eigenvalue weighted by molar-refractivity contribution is -0.142. The Bertz CT molecular complexity index is 974. The molecule has 7 nitrogen and oxygen atoms in total. The molecule has 4 rings (SSSR count). The van der Waals surface area contributed by atoms with Crippen LogP contribution in [0.5, 0.6) is 0 Å². The Labute approximate surface area is 168 Å². The van der Waals surface area contributed by atoms with E-state index in [0.717, 1.165) is 37.1 Å². The van der Waals surface area contributed by atoms with E-state index >= 15 is 0 Å². The zero-order chi connectivity index (χ0) is 20.2. The summed E-state index contributed by atoms with van der Waals surface area (Å²) in [6, 6.07) is 15.0. The number of carboxylic acid groups (broad SMARTS) is 1. The van der Waals surface area contributed by atoms with E-state index in [1.54, 1.807) is 23.1 Å². The third-order valence-corrected chi connectivity index (χ3v) is 5.53. The first kappa shape index (κ1) is 18.9. The van der Waals surface area contributed by atoms with Gasteiger partial charge in [0.05, 0.1) is 11.6 Å². The second-order valence-electron chi connectivity index (χ2n) is 7.35. The van der Waals surface area contributed by atoms with Crippen LogP contribution in [0.1, 0.15) is 47.5 Å². The Balaban J connectivity index is 1.36. The van der Waals surface area contributed by atoms with Crippen LogP contribution >= 0.6 is 0 Å². The minimum absolute atomic E-state index is 0.176. The van der Waals surface area contributed by atoms with Crippen molar-refractivity contribution in [1.29, 1.82) is 0 Å². The molecule has 0 saturated heterocycles. The number of nitrogens with one attached hydrogen (secondary N) is 1. The average molecular weight is 390 g/mol. The van der Waals surface area contributed by atoms with Gasteiger partial charge < -0.3 is 10.4 Å². The van der Waals surface area contributed by atoms with Crippen molar-refractivity contribution in [3.05, 3.63) is 72.3 Å². The molecule has 1 fully saturated rings. The first-order valence-corrected chi connectivity index (χ1v) is 9.69. The summed E-state index contributed by atoms with van der Waals surface area (Å²) in [7, 11) is 0. The molecule has 1 aliphatic carbocycles. The van der Waals surface area contributed by atoms with E-state index in [9.17, 15) is 9.59 Å². The number of anilines is 1. The summed E-state index contributed by atoms with van der Waals surface area (Å²) in [5, 5.41) is 16.1. The number of nitrogens with zero attached hydrogens (tertiary/aromatic N) is 3. The maximum atomic E-state index is 12.5. The van der Waals surface area contributed by atoms with Crippen molar-refractivity contribution in [1.82, 2.24) is 14.8 Å². The van der Waals surface area contributed by atoms with Gasteiger partial charge in [-0.2, -0.15) is 5.10 Å². The van der Waals surface area contributed by atoms with Gasteiger partial charge in [-0.05, 0) is 73.6 Å². The predicted molar refractivity (Wildman–Crippen MR) is 108 cm³/mol. The van der Waals surface area contributed by atoms with Crippen molar-refractivity contribution in [3.63, 3.8) is 0 Å². The summed E-state index contributed by atoms with van der Waals surface area (Å²) >= 11 is 0. The Morgan fingerprint density at radius 3 is 2.24 bits per heavy atom. The van der Waals surface area contributed by atoms with Gasteiger partial charge in [-0.15, -0.1) is 0 Å². The largest absolute Gasteiger partial charge is 0.481 e. The van der Waals surface area contributed by atoms with Crippen molar-refractivity contribution in [2.75, 3.05) is 5.32 Å². The molecule has 1 aliphatic rings. The highest BCUT2D eigenvalue weighted by molar-refractivity contribution is 6.04. The maximum absolute atomic E-state index is 12.5. The molecule has 1 heterocycles. The highest BCUT2D eigenvalue weighted by Gasteiger charge is 2.26. The molecule has 0 aliphatic heterocycles. The smallest absolute Gasteiger partial charge is 0.306 e. The summed E-state index contributed by atoms with van der Waals surface area (Å²) in [5.41, 5.74) is 3.33. The number of aliphatic carboxylic acids is 1. The monoisotopic (exact) mass is 390 g/mol. The topological polar surface area (TPSA) is 97.1 Å². The normalized spacial score (nSPS) is 18.9. The van der Waals surface area contributed by atoms with Crippen LogP contribution in [0.4, 0.5) is 5.69 Å². The Hall–Kier alpha value is -3.48. The number of benzene rings is 2. The highest BCUT2D eigenvalue weighted by atomic mass is 16.4. The zero-order valence-electron chi connectivity index (χ0n) is 15.9. The molecule has 7 heteroatoms. The molecule has 0 unspecified atom stereocenters. The number of carbonyl (C=O) groups excluding carboxylic acids is 1. The van der Waals surface area contributed by atoms with Crippen molar-refractivity contribution < 1.29 is 14.7 Å². The van der Waals surface area contributed by atoms with Gasteiger partial charge in [-0.25, -0.2) is 9.67 Å². The van der Waals surface area contributed by atoms with Gasteiger partial charge in [0.25, 0.3) is 5.91 Å². The summed E-state index contributed by atoms with van der Waals surface area (Å²) < 4.78 is 1.63. The van der Waals surface area contributed by atoms with Crippen LogP contribution in [-0.4, -0.2) is 31.7 Å². The van der Waals surface area contributed by atoms with E-state index in [0.29, 0.717) is 11.5 Å². The molecule has 1 saturated carbocycles. The lowest BCUT2D eigenvalue weighted by atomic mass is 9.79. The molecule has 148 valence electrons. The first-order valence-electron chi connectivity index (χ1n) is 9.69. The van der Waals surface area contributed by atoms with Gasteiger partial charge in [-0.3, -0.25) is 9.59 Å². The fourth-order valence-corrected chi connectivity index (χ4v) is 3.82. The SMILES string of the molecule is O=C(Nc1ccc(C2CCC(C(=O)O)CC2)cc1)c1ccc(-n2cncn2)cc1. The number of amides is 1. The van der Waals surface area contributed by atoms with E-state index in [4.69, 9.17) is 5.11 Å². The molecular weight excluding hydrogens is 368 g/mol. The van der Waals surface area contributed by atoms with Crippen molar-refractivity contribution in [2.45, 2.75) is 31.6 Å². The first-order chi connectivity index (χ1) is 14.1. The molecule has 29 heavy (non-hydrogen) atoms. The molecule has 0 radical (unpaired) electrons. The van der Waals surface area contributed by atoms with Crippen LogP contribution in [0.25, 0.3) is 5.69 Å². The molecule has 1 aromatic heterocycles. The van der Waals surface area contributed by atoms with E-state index in [-0.39, 0.29) is 11.8 Å². The summed E-state index contributed by atoms with van der Waals surface area (Å²) in [4.78, 5) is 27.5. The minimum Gasteiger partial charge on any atom is -0.481 e. The third-order valence-electron chi connectivity index (χ3n) is 5.53. The number of hydrogen-bond acceptors (Lipinski definition) is 4. The van der Waals surface area contributed by atoms with Crippen LogP contribution in [0.3, 0.4) is 0 Å². The third kappa shape index (κ3) is 4.34. The van der Waals surface area contributed by atoms with Gasteiger partial charge in [0.2, 0.25) is 0 Å². The second-order valence-corrected chi connectivity index (χ2v) is 7.35. The van der Waals surface area contributed by atoms with Gasteiger partial charge >= 0.3 is 5.97 Å². The lowest BCUT2D eigenvalue weighted by Gasteiger charge is -2.26. The summed E-state index contributed by atoms with van der Waals surface area (Å²) in [6.45, 7) is 0. The van der Waals surface area contributed by atoms with Crippen molar-refractivity contribution >= 4 is 17.6 Å². The van der Waals surface area contributed by atoms with Crippen molar-refractivity contribution in [3.8, 4) is 5.69 Å². The van der Waals surface area contributed by atoms with E-state index < -0.39 is 5.97 Å². The van der Waals surface area contributed by atoms with Crippen LogP contribution < -0.4 is 5.32 Å². The van der Waals surface area contributed by atoms with Gasteiger partial charge in [0.15, 0.2) is 0 Å². The molecular formula is C22H22N4O3. The van der Waals surface area contributed by atoms with Crippen LogP contribution in [-0.2, 0) is 4.79 Å². The zero-order valence-corrected chi connectivity index (χ0v) is 15.9. The fourth-order valence-electron chi connectivity index (χ4n) is 3.82. The second kappa shape index (κ2) is 8.26. The van der Waals surface area contributed by atoms with E-state index in [2.05, 4.69) is 15.4 Å². The highest BCUT2D eigenvalue weighted by Crippen LogP contribution is 2.36. The van der Waals surface area contributed by atoms with Gasteiger partial charge in [0.1, 0.15) is 12.7 Å². The quantitative estimate of drug-likeness (QED) is 0.689. The minimum atomic E-state index is -0.684. The average Bonchev–Trinajstić information content (AvgIpc) is 3.29. The van der Waals surface area contributed by atoms with E-state index in [1.165, 1.54) is 11.9 Å². The van der Waals surface area contributed by atoms with E-state index in [1.807, 2.05) is 36.4 Å². The summed E-state index contributed by atoms with van der Waals surface area (Å²) in [6.07, 6.45) is 6.29. The van der Waals surface area contributed by atoms with Gasteiger partial charge in [0, 0.05) is 11.3 Å². The Morgan fingerprint density at radius 1 is 0.966 bits per heavy atom. The number of hydrogen-bond donors (Lipinski definition) is 2. The lowest BCUT2D eigenvalue weighted by Crippen LogP contribution is -2.20. The molecule has 0 atom stereocenters. The maximum Gasteiger partial charge on any atom is 0.306 e. The molecule has 1 amide bonds. The molecule has 2 aromatic carbocycles. The number of aromatic nitrogens is 3. The van der Waals surface area contributed by atoms with Crippen LogP contribution in [0.2, 0.25) is 0 Å². The van der Waals surface area contributed by atoms with Crippen LogP contribution in [0.15, 0.2) is 61.2 Å². The number of carbonyl (C=O) groups is 2. The standard InChI is InChI=1S/C22H22N4O3/c27-21(17-7-11-20(12-8-17)26-14-23-13-24-26)25-19-9-5-16(6-10-19)15-1-3-18(4-2-15)22(28)29/h5-15,18H,1-4H2,(H,25,27)(H,28,29). The molecule has 0 spiro atoms. The fraction of sp³-hybridized carbons (Fsp3) is 0.273. The van der Waals surface area contributed by atoms with Crippen LogP contribution in [0, 0.1) is 5.92 Å². The molecule has 2 N–H and O–H groups in total. The molecule has 0 bridgehead atoms.